The lowest BCUT2D eigenvalue weighted by Crippen LogP contribution is -2.16. The minimum absolute atomic E-state index is 0.268. The molecule has 0 fully saturated rings. The van der Waals surface area contributed by atoms with Crippen LogP contribution in [0.3, 0.4) is 0 Å². The summed E-state index contributed by atoms with van der Waals surface area (Å²) in [6.07, 6.45) is 0. The van der Waals surface area contributed by atoms with Gasteiger partial charge in [0.2, 0.25) is 0 Å². The first-order chi connectivity index (χ1) is 14.3. The maximum atomic E-state index is 9.12. The number of rotatable bonds is 2. The molecular formula is C24H18Cl2N4. The highest BCUT2D eigenvalue weighted by molar-refractivity contribution is 6.34. The first-order valence-corrected chi connectivity index (χ1v) is 10.2. The van der Waals surface area contributed by atoms with Crippen molar-refractivity contribution >= 4 is 34.2 Å². The molecule has 0 amide bonds. The van der Waals surface area contributed by atoms with E-state index in [2.05, 4.69) is 11.1 Å². The minimum Gasteiger partial charge on any atom is -0.227 e. The van der Waals surface area contributed by atoms with Crippen LogP contribution in [0.15, 0.2) is 54.6 Å². The van der Waals surface area contributed by atoms with Gasteiger partial charge in [0.1, 0.15) is 11.0 Å². The smallest absolute Gasteiger partial charge is 0.165 e. The average Bonchev–Trinajstić information content (AvgIpc) is 2.73. The van der Waals surface area contributed by atoms with Gasteiger partial charge in [-0.1, -0.05) is 74.3 Å². The molecule has 0 aliphatic rings. The van der Waals surface area contributed by atoms with Gasteiger partial charge < -0.3 is 0 Å². The fourth-order valence-electron chi connectivity index (χ4n) is 3.16. The number of hydrogen-bond donors (Lipinski definition) is 0. The second kappa shape index (κ2) is 7.68. The fraction of sp³-hybridized carbons (Fsp3) is 0.167. The third-order valence-corrected chi connectivity index (χ3v) is 5.38. The molecular weight excluding hydrogens is 415 g/mol. The Kier molecular flexibility index (Phi) is 5.19. The molecule has 0 atom stereocenters. The Bertz CT molecular complexity index is 1300. The number of aromatic nitrogens is 3. The summed E-state index contributed by atoms with van der Waals surface area (Å²) in [7, 11) is 0. The van der Waals surface area contributed by atoms with Crippen molar-refractivity contribution in [1.82, 2.24) is 15.0 Å². The first-order valence-electron chi connectivity index (χ1n) is 9.42. The van der Waals surface area contributed by atoms with Crippen molar-refractivity contribution in [3.05, 3.63) is 76.2 Å². The van der Waals surface area contributed by atoms with Crippen LogP contribution in [0.25, 0.3) is 33.4 Å². The van der Waals surface area contributed by atoms with Gasteiger partial charge in [0, 0.05) is 21.6 Å². The summed E-state index contributed by atoms with van der Waals surface area (Å²) >= 11 is 13.1. The van der Waals surface area contributed by atoms with E-state index in [9.17, 15) is 0 Å². The predicted octanol–water partition coefficient (Wildman–Crippen LogP) is 6.83. The third kappa shape index (κ3) is 3.75. The summed E-state index contributed by atoms with van der Waals surface area (Å²) in [4.78, 5) is 14.1. The minimum atomic E-state index is -0.268. The molecule has 2 heterocycles. The number of nitriles is 1. The Morgan fingerprint density at radius 1 is 0.867 bits per heavy atom. The highest BCUT2D eigenvalue weighted by Gasteiger charge is 2.22. The van der Waals surface area contributed by atoms with Gasteiger partial charge in [-0.15, -0.1) is 0 Å². The Balaban J connectivity index is 2.06. The van der Waals surface area contributed by atoms with Gasteiger partial charge in [-0.05, 0) is 29.8 Å². The standard InChI is InChI=1S/C24H18Cl2N4/c1-24(2,3)23-29-21(26)18-12-17(15-10-8-14(13-27)9-11-15)20(28-22(18)30-23)16-6-4-5-7-19(16)25/h4-12H,1-3H3. The zero-order valence-corrected chi connectivity index (χ0v) is 18.3. The quantitative estimate of drug-likeness (QED) is 0.325. The highest BCUT2D eigenvalue weighted by atomic mass is 35.5. The molecule has 0 N–H and O–H groups in total. The van der Waals surface area contributed by atoms with E-state index in [1.54, 1.807) is 12.1 Å². The monoisotopic (exact) mass is 432 g/mol. The van der Waals surface area contributed by atoms with Crippen molar-refractivity contribution in [3.63, 3.8) is 0 Å². The molecule has 4 nitrogen and oxygen atoms in total. The molecule has 0 saturated carbocycles. The van der Waals surface area contributed by atoms with Crippen molar-refractivity contribution < 1.29 is 0 Å². The van der Waals surface area contributed by atoms with Crippen molar-refractivity contribution in [3.8, 4) is 28.5 Å². The SMILES string of the molecule is CC(C)(C)c1nc(Cl)c2cc(-c3ccc(C#N)cc3)c(-c3ccccc3Cl)nc2n1. The second-order valence-electron chi connectivity index (χ2n) is 8.01. The number of pyridine rings is 1. The Morgan fingerprint density at radius 2 is 1.57 bits per heavy atom. The molecule has 2 aromatic heterocycles. The Hall–Kier alpha value is -3.00. The lowest BCUT2D eigenvalue weighted by atomic mass is 9.95. The van der Waals surface area contributed by atoms with Gasteiger partial charge in [0.05, 0.1) is 22.7 Å². The summed E-state index contributed by atoms with van der Waals surface area (Å²) in [5.74, 6) is 0.628. The van der Waals surface area contributed by atoms with E-state index >= 15 is 0 Å². The number of benzene rings is 2. The summed E-state index contributed by atoms with van der Waals surface area (Å²) in [6, 6.07) is 19.0. The molecule has 4 rings (SSSR count). The number of hydrogen-bond acceptors (Lipinski definition) is 4. The van der Waals surface area contributed by atoms with Gasteiger partial charge in [-0.25, -0.2) is 15.0 Å². The van der Waals surface area contributed by atoms with Crippen LogP contribution in [0.4, 0.5) is 0 Å². The summed E-state index contributed by atoms with van der Waals surface area (Å²) < 4.78 is 0. The predicted molar refractivity (Wildman–Crippen MR) is 122 cm³/mol. The van der Waals surface area contributed by atoms with E-state index in [-0.39, 0.29) is 5.41 Å². The molecule has 0 aliphatic heterocycles. The van der Waals surface area contributed by atoms with Crippen LogP contribution in [-0.2, 0) is 5.41 Å². The zero-order chi connectivity index (χ0) is 21.5. The molecule has 0 bridgehead atoms. The molecule has 2 aromatic carbocycles. The van der Waals surface area contributed by atoms with Crippen LogP contribution in [0, 0.1) is 11.3 Å². The van der Waals surface area contributed by atoms with Crippen LogP contribution in [-0.4, -0.2) is 15.0 Å². The lowest BCUT2D eigenvalue weighted by molar-refractivity contribution is 0.548. The van der Waals surface area contributed by atoms with Crippen LogP contribution in [0.5, 0.6) is 0 Å². The molecule has 30 heavy (non-hydrogen) atoms. The Labute approximate surface area is 185 Å². The molecule has 0 saturated heterocycles. The normalized spacial score (nSPS) is 11.5. The molecule has 0 unspecified atom stereocenters. The van der Waals surface area contributed by atoms with Crippen LogP contribution in [0.1, 0.15) is 32.2 Å². The topological polar surface area (TPSA) is 62.5 Å². The molecule has 0 radical (unpaired) electrons. The number of fused-ring (bicyclic) bond motifs is 1. The Morgan fingerprint density at radius 3 is 2.20 bits per heavy atom. The molecule has 148 valence electrons. The van der Waals surface area contributed by atoms with Crippen molar-refractivity contribution in [2.24, 2.45) is 0 Å². The van der Waals surface area contributed by atoms with Crippen molar-refractivity contribution in [1.29, 1.82) is 5.26 Å². The third-order valence-electron chi connectivity index (χ3n) is 4.77. The van der Waals surface area contributed by atoms with E-state index in [4.69, 9.17) is 38.4 Å². The number of nitrogens with zero attached hydrogens (tertiary/aromatic N) is 4. The van der Waals surface area contributed by atoms with E-state index in [1.165, 1.54) is 0 Å². The van der Waals surface area contributed by atoms with E-state index in [0.717, 1.165) is 16.7 Å². The van der Waals surface area contributed by atoms with Crippen LogP contribution in [0.2, 0.25) is 10.2 Å². The van der Waals surface area contributed by atoms with E-state index in [0.29, 0.717) is 38.3 Å². The molecule has 6 heteroatoms. The molecule has 4 aromatic rings. The fourth-order valence-corrected chi connectivity index (χ4v) is 3.60. The van der Waals surface area contributed by atoms with Crippen LogP contribution >= 0.6 is 23.2 Å². The van der Waals surface area contributed by atoms with Gasteiger partial charge >= 0.3 is 0 Å². The highest BCUT2D eigenvalue weighted by Crippen LogP contribution is 2.38. The van der Waals surface area contributed by atoms with Gasteiger partial charge in [0.25, 0.3) is 0 Å². The van der Waals surface area contributed by atoms with Crippen molar-refractivity contribution in [2.45, 2.75) is 26.2 Å². The summed E-state index contributed by atoms with van der Waals surface area (Å²) in [5, 5.41) is 10.7. The largest absolute Gasteiger partial charge is 0.227 e. The first kappa shape index (κ1) is 20.3. The average molecular weight is 433 g/mol. The maximum Gasteiger partial charge on any atom is 0.165 e. The molecule has 0 aliphatic carbocycles. The van der Waals surface area contributed by atoms with Gasteiger partial charge in [-0.3, -0.25) is 0 Å². The van der Waals surface area contributed by atoms with Gasteiger partial charge in [0.15, 0.2) is 5.65 Å². The summed E-state index contributed by atoms with van der Waals surface area (Å²) in [5.41, 5.74) is 4.08. The van der Waals surface area contributed by atoms with Crippen LogP contribution < -0.4 is 0 Å². The van der Waals surface area contributed by atoms with Crippen molar-refractivity contribution in [2.75, 3.05) is 0 Å². The van der Waals surface area contributed by atoms with E-state index < -0.39 is 0 Å². The number of halogens is 2. The zero-order valence-electron chi connectivity index (χ0n) is 16.7. The maximum absolute atomic E-state index is 9.12. The van der Waals surface area contributed by atoms with E-state index in [1.807, 2.05) is 63.2 Å². The van der Waals surface area contributed by atoms with Gasteiger partial charge in [-0.2, -0.15) is 5.26 Å². The second-order valence-corrected chi connectivity index (χ2v) is 8.78. The lowest BCUT2D eigenvalue weighted by Gasteiger charge is -2.18. The molecule has 0 spiro atoms. The summed E-state index contributed by atoms with van der Waals surface area (Å²) in [6.45, 7) is 6.10.